The summed E-state index contributed by atoms with van der Waals surface area (Å²) >= 11 is 1.31. The molecule has 0 aliphatic heterocycles. The number of H-pyrrole nitrogens is 1. The molecule has 0 radical (unpaired) electrons. The van der Waals surface area contributed by atoms with E-state index in [9.17, 15) is 4.79 Å². The van der Waals surface area contributed by atoms with Crippen molar-refractivity contribution in [2.24, 2.45) is 0 Å². The molecule has 6 nitrogen and oxygen atoms in total. The third-order valence-electron chi connectivity index (χ3n) is 4.13. The molecule has 0 atom stereocenters. The van der Waals surface area contributed by atoms with Crippen molar-refractivity contribution in [2.75, 3.05) is 11.1 Å². The Balaban J connectivity index is 1.34. The Bertz CT molecular complexity index is 893. The number of hydrogen-bond donors (Lipinski definition) is 2. The number of hydrogen-bond acceptors (Lipinski definition) is 5. The molecule has 1 aliphatic rings. The van der Waals surface area contributed by atoms with E-state index in [0.29, 0.717) is 11.0 Å². The lowest BCUT2D eigenvalue weighted by atomic mass is 10.1. The molecule has 3 aromatic rings. The van der Waals surface area contributed by atoms with E-state index >= 15 is 0 Å². The summed E-state index contributed by atoms with van der Waals surface area (Å²) in [5, 5.41) is 10.5. The molecule has 0 saturated carbocycles. The first-order valence-corrected chi connectivity index (χ1v) is 9.14. The summed E-state index contributed by atoms with van der Waals surface area (Å²) in [6.07, 6.45) is 6.85. The summed E-state index contributed by atoms with van der Waals surface area (Å²) < 4.78 is 0. The average molecular weight is 351 g/mol. The van der Waals surface area contributed by atoms with E-state index in [-0.39, 0.29) is 11.7 Å². The Labute approximate surface area is 149 Å². The van der Waals surface area contributed by atoms with E-state index in [0.717, 1.165) is 24.1 Å². The van der Waals surface area contributed by atoms with Crippen molar-refractivity contribution in [1.82, 2.24) is 20.2 Å². The van der Waals surface area contributed by atoms with Crippen LogP contribution in [-0.4, -0.2) is 31.8 Å². The highest BCUT2D eigenvalue weighted by Crippen LogP contribution is 2.25. The molecule has 1 aliphatic carbocycles. The molecule has 1 aromatic carbocycles. The zero-order valence-corrected chi connectivity index (χ0v) is 14.3. The van der Waals surface area contributed by atoms with Crippen molar-refractivity contribution >= 4 is 23.4 Å². The number of aryl methyl sites for hydroxylation is 2. The van der Waals surface area contributed by atoms with Gasteiger partial charge >= 0.3 is 0 Å². The second-order valence-corrected chi connectivity index (χ2v) is 6.82. The van der Waals surface area contributed by atoms with Crippen LogP contribution in [0.3, 0.4) is 0 Å². The number of aromatic nitrogens is 4. The van der Waals surface area contributed by atoms with Crippen LogP contribution in [-0.2, 0) is 17.6 Å². The molecule has 2 aromatic heterocycles. The average Bonchev–Trinajstić information content (AvgIpc) is 3.30. The van der Waals surface area contributed by atoms with Crippen molar-refractivity contribution in [3.05, 3.63) is 53.9 Å². The number of rotatable bonds is 5. The number of anilines is 1. The van der Waals surface area contributed by atoms with Crippen molar-refractivity contribution in [1.29, 1.82) is 0 Å². The SMILES string of the molecule is O=C(CSc1n[nH]c(-c2ccncc2)n1)Nc1ccc2c(c1)CCC2. The number of pyridine rings is 1. The van der Waals surface area contributed by atoms with Gasteiger partial charge in [0.1, 0.15) is 0 Å². The lowest BCUT2D eigenvalue weighted by Crippen LogP contribution is -2.14. The first-order chi connectivity index (χ1) is 12.3. The van der Waals surface area contributed by atoms with Gasteiger partial charge in [-0.15, -0.1) is 5.10 Å². The Hall–Kier alpha value is -2.67. The fraction of sp³-hybridized carbons (Fsp3) is 0.222. The fourth-order valence-electron chi connectivity index (χ4n) is 2.93. The second kappa shape index (κ2) is 7.06. The number of carbonyl (C=O) groups is 1. The van der Waals surface area contributed by atoms with Crippen molar-refractivity contribution in [3.8, 4) is 11.4 Å². The maximum Gasteiger partial charge on any atom is 0.234 e. The van der Waals surface area contributed by atoms with Crippen molar-refractivity contribution in [3.63, 3.8) is 0 Å². The Morgan fingerprint density at radius 2 is 2.00 bits per heavy atom. The van der Waals surface area contributed by atoms with E-state index in [1.54, 1.807) is 12.4 Å². The van der Waals surface area contributed by atoms with E-state index in [1.807, 2.05) is 18.2 Å². The Kier molecular flexibility index (Phi) is 4.47. The van der Waals surface area contributed by atoms with Crippen molar-refractivity contribution < 1.29 is 4.79 Å². The summed E-state index contributed by atoms with van der Waals surface area (Å²) in [4.78, 5) is 20.5. The number of benzene rings is 1. The molecule has 2 N–H and O–H groups in total. The van der Waals surface area contributed by atoms with Gasteiger partial charge in [-0.1, -0.05) is 17.8 Å². The van der Waals surface area contributed by atoms with Gasteiger partial charge in [-0.25, -0.2) is 4.98 Å². The summed E-state index contributed by atoms with van der Waals surface area (Å²) in [6, 6.07) is 9.88. The van der Waals surface area contributed by atoms with Crippen LogP contribution in [0.25, 0.3) is 11.4 Å². The van der Waals surface area contributed by atoms with Crippen LogP contribution in [0.15, 0.2) is 47.9 Å². The van der Waals surface area contributed by atoms with Crippen molar-refractivity contribution in [2.45, 2.75) is 24.4 Å². The predicted molar refractivity (Wildman–Crippen MR) is 97.4 cm³/mol. The topological polar surface area (TPSA) is 83.6 Å². The molecule has 0 bridgehead atoms. The van der Waals surface area contributed by atoms with Gasteiger partial charge in [0.05, 0.1) is 5.75 Å². The fourth-order valence-corrected chi connectivity index (χ4v) is 3.52. The summed E-state index contributed by atoms with van der Waals surface area (Å²) in [7, 11) is 0. The van der Waals surface area contributed by atoms with Gasteiger partial charge in [0, 0.05) is 23.6 Å². The lowest BCUT2D eigenvalue weighted by molar-refractivity contribution is -0.113. The predicted octanol–water partition coefficient (Wildman–Crippen LogP) is 3.09. The summed E-state index contributed by atoms with van der Waals surface area (Å²) in [6.45, 7) is 0. The summed E-state index contributed by atoms with van der Waals surface area (Å²) in [5.74, 6) is 0.882. The minimum Gasteiger partial charge on any atom is -0.325 e. The minimum atomic E-state index is -0.0572. The first kappa shape index (κ1) is 15.8. The summed E-state index contributed by atoms with van der Waals surface area (Å²) in [5.41, 5.74) is 4.52. The zero-order valence-electron chi connectivity index (χ0n) is 13.5. The van der Waals surface area contributed by atoms with Gasteiger partial charge in [0.25, 0.3) is 0 Å². The lowest BCUT2D eigenvalue weighted by Gasteiger charge is -2.06. The second-order valence-electron chi connectivity index (χ2n) is 5.88. The highest BCUT2D eigenvalue weighted by Gasteiger charge is 2.13. The molecule has 1 amide bonds. The van der Waals surface area contributed by atoms with E-state index in [4.69, 9.17) is 0 Å². The van der Waals surface area contributed by atoms with Gasteiger partial charge in [-0.2, -0.15) is 0 Å². The number of nitrogens with zero attached hydrogens (tertiary/aromatic N) is 3. The number of nitrogens with one attached hydrogen (secondary N) is 2. The van der Waals surface area contributed by atoms with E-state index in [1.165, 1.54) is 29.3 Å². The van der Waals surface area contributed by atoms with Crippen LogP contribution in [0.5, 0.6) is 0 Å². The molecule has 25 heavy (non-hydrogen) atoms. The molecule has 0 spiro atoms. The number of amides is 1. The first-order valence-electron chi connectivity index (χ1n) is 8.15. The maximum atomic E-state index is 12.2. The van der Waals surface area contributed by atoms with Crippen LogP contribution in [0.4, 0.5) is 5.69 Å². The van der Waals surface area contributed by atoms with Gasteiger partial charge in [-0.05, 0) is 54.7 Å². The molecule has 126 valence electrons. The Morgan fingerprint density at radius 1 is 1.16 bits per heavy atom. The van der Waals surface area contributed by atoms with Crippen LogP contribution in [0.2, 0.25) is 0 Å². The van der Waals surface area contributed by atoms with Gasteiger partial charge in [-0.3, -0.25) is 14.9 Å². The smallest absolute Gasteiger partial charge is 0.234 e. The molecular formula is C18H17N5OS. The third-order valence-corrected chi connectivity index (χ3v) is 4.98. The molecule has 0 fully saturated rings. The van der Waals surface area contributed by atoms with Crippen LogP contribution < -0.4 is 5.32 Å². The van der Waals surface area contributed by atoms with Crippen LogP contribution in [0.1, 0.15) is 17.5 Å². The third kappa shape index (κ3) is 3.71. The number of carbonyl (C=O) groups excluding carboxylic acids is 1. The number of thioether (sulfide) groups is 1. The van der Waals surface area contributed by atoms with Gasteiger partial charge in [0.2, 0.25) is 11.1 Å². The highest BCUT2D eigenvalue weighted by atomic mass is 32.2. The quantitative estimate of drug-likeness (QED) is 0.690. The van der Waals surface area contributed by atoms with Crippen LogP contribution >= 0.6 is 11.8 Å². The number of fused-ring (bicyclic) bond motifs is 1. The highest BCUT2D eigenvalue weighted by molar-refractivity contribution is 7.99. The van der Waals surface area contributed by atoms with Gasteiger partial charge in [0.15, 0.2) is 5.82 Å². The van der Waals surface area contributed by atoms with Crippen LogP contribution in [0, 0.1) is 0 Å². The molecule has 4 rings (SSSR count). The molecule has 0 saturated heterocycles. The number of aromatic amines is 1. The van der Waals surface area contributed by atoms with E-state index in [2.05, 4.69) is 37.6 Å². The molecule has 0 unspecified atom stereocenters. The monoisotopic (exact) mass is 351 g/mol. The zero-order chi connectivity index (χ0) is 17.1. The maximum absolute atomic E-state index is 12.2. The van der Waals surface area contributed by atoms with E-state index < -0.39 is 0 Å². The van der Waals surface area contributed by atoms with Gasteiger partial charge < -0.3 is 5.32 Å². The molecule has 7 heteroatoms. The largest absolute Gasteiger partial charge is 0.325 e. The normalized spacial score (nSPS) is 12.8. The Morgan fingerprint density at radius 3 is 2.88 bits per heavy atom. The minimum absolute atomic E-state index is 0.0572. The molecule has 2 heterocycles. The molecular weight excluding hydrogens is 334 g/mol. The standard InChI is InChI=1S/C18H17N5OS/c24-16(20-15-5-4-12-2-1-3-14(12)10-15)11-25-18-21-17(22-23-18)13-6-8-19-9-7-13/h4-10H,1-3,11H2,(H,20,24)(H,21,22,23).